The molecule has 1 unspecified atom stereocenters. The summed E-state index contributed by atoms with van der Waals surface area (Å²) in [6.45, 7) is 4.23. The number of rotatable bonds is 6. The normalized spacial score (nSPS) is 14.2. The summed E-state index contributed by atoms with van der Waals surface area (Å²) in [6, 6.07) is 0. The Morgan fingerprint density at radius 1 is 1.43 bits per heavy atom. The minimum atomic E-state index is -0.576. The van der Waals surface area contributed by atoms with Crippen molar-refractivity contribution in [3.8, 4) is 0 Å². The maximum Gasteiger partial charge on any atom is 0.441 e. The van der Waals surface area contributed by atoms with Gasteiger partial charge in [-0.3, -0.25) is 14.1 Å². The van der Waals surface area contributed by atoms with Crippen molar-refractivity contribution in [2.24, 2.45) is 7.05 Å². The minimum absolute atomic E-state index is 0.0418. The van der Waals surface area contributed by atoms with Crippen molar-refractivity contribution >= 4 is 45.9 Å². The largest absolute Gasteiger partial charge is 0.465 e. The van der Waals surface area contributed by atoms with Gasteiger partial charge in [-0.25, -0.2) is 9.59 Å². The second kappa shape index (κ2) is 9.04. The number of nitrogens with one attached hydrogen (secondary N) is 2. The van der Waals surface area contributed by atoms with Crippen molar-refractivity contribution in [3.05, 3.63) is 26.4 Å². The molecule has 2 amide bonds. The number of carbonyl (C=O) groups is 3. The van der Waals surface area contributed by atoms with E-state index in [4.69, 9.17) is 9.26 Å². The molecule has 3 heterocycles. The summed E-state index contributed by atoms with van der Waals surface area (Å²) in [7, 11) is 2.90. The molecular formula is C18H23N4O6S2+. The zero-order valence-electron chi connectivity index (χ0n) is 17.1. The first-order chi connectivity index (χ1) is 14.3. The van der Waals surface area contributed by atoms with E-state index in [1.807, 2.05) is 6.92 Å². The molecule has 0 saturated heterocycles. The lowest BCUT2D eigenvalue weighted by molar-refractivity contribution is -0.772. The molecule has 162 valence electrons. The quantitative estimate of drug-likeness (QED) is 0.379. The molecule has 0 fully saturated rings. The lowest BCUT2D eigenvalue weighted by Crippen LogP contribution is -2.35. The fourth-order valence-corrected chi connectivity index (χ4v) is 5.38. The zero-order chi connectivity index (χ0) is 22.0. The van der Waals surface area contributed by atoms with Gasteiger partial charge >= 0.3 is 16.6 Å². The van der Waals surface area contributed by atoms with Crippen molar-refractivity contribution in [2.75, 3.05) is 19.0 Å². The van der Waals surface area contributed by atoms with Gasteiger partial charge in [-0.2, -0.15) is 0 Å². The summed E-state index contributed by atoms with van der Waals surface area (Å²) >= 11 is 2.35. The average Bonchev–Trinajstić information content (AvgIpc) is 3.23. The molecule has 10 nitrogen and oxygen atoms in total. The third-order valence-electron chi connectivity index (χ3n) is 4.80. The highest BCUT2D eigenvalue weighted by atomic mass is 32.2. The summed E-state index contributed by atoms with van der Waals surface area (Å²) in [5, 5.41) is 5.34. The van der Waals surface area contributed by atoms with Crippen LogP contribution in [0, 0.1) is 0 Å². The number of anilines is 1. The number of thiophene rings is 1. The first-order valence-electron chi connectivity index (χ1n) is 9.30. The van der Waals surface area contributed by atoms with E-state index in [-0.39, 0.29) is 16.8 Å². The van der Waals surface area contributed by atoms with Gasteiger partial charge < -0.3 is 15.0 Å². The van der Waals surface area contributed by atoms with E-state index in [0.717, 1.165) is 22.2 Å². The second-order valence-corrected chi connectivity index (χ2v) is 9.04. The van der Waals surface area contributed by atoms with Crippen LogP contribution in [0.1, 0.15) is 41.1 Å². The predicted molar refractivity (Wildman–Crippen MR) is 110 cm³/mol. The van der Waals surface area contributed by atoms with Crippen molar-refractivity contribution in [1.29, 1.82) is 0 Å². The summed E-state index contributed by atoms with van der Waals surface area (Å²) in [4.78, 5) is 51.5. The Morgan fingerprint density at radius 3 is 2.73 bits per heavy atom. The number of aryl methyl sites for hydroxylation is 1. The van der Waals surface area contributed by atoms with E-state index in [2.05, 4.69) is 10.6 Å². The Labute approximate surface area is 180 Å². The SMILES string of the molecule is CCC(Sc1c(=O)o[nH][n+]1C)C(=O)Nc1sc2c(c1C(=O)OC)CCN(C(C)=O)C2. The molecule has 30 heavy (non-hydrogen) atoms. The number of ether oxygens (including phenoxy) is 1. The van der Waals surface area contributed by atoms with E-state index in [1.54, 1.807) is 11.9 Å². The van der Waals surface area contributed by atoms with Crippen LogP contribution in [0.2, 0.25) is 0 Å². The molecule has 0 aliphatic carbocycles. The Bertz CT molecular complexity index is 1040. The van der Waals surface area contributed by atoms with Crippen LogP contribution in [0.5, 0.6) is 0 Å². The van der Waals surface area contributed by atoms with E-state index < -0.39 is 16.8 Å². The third kappa shape index (κ3) is 4.29. The number of esters is 1. The Morgan fingerprint density at radius 2 is 2.17 bits per heavy atom. The van der Waals surface area contributed by atoms with E-state index in [9.17, 15) is 19.2 Å². The average molecular weight is 456 g/mol. The maximum atomic E-state index is 12.9. The first kappa shape index (κ1) is 22.1. The molecule has 0 radical (unpaired) electrons. The number of amides is 2. The van der Waals surface area contributed by atoms with Crippen LogP contribution in [0.15, 0.2) is 14.3 Å². The first-order valence-corrected chi connectivity index (χ1v) is 11.0. The van der Waals surface area contributed by atoms with Crippen molar-refractivity contribution < 1.29 is 28.3 Å². The Hall–Kier alpha value is -2.60. The number of hydrogen-bond donors (Lipinski definition) is 2. The van der Waals surface area contributed by atoms with Gasteiger partial charge in [-0.1, -0.05) is 11.6 Å². The number of aromatic nitrogens is 2. The molecule has 1 atom stereocenters. The number of fused-ring (bicyclic) bond motifs is 1. The smallest absolute Gasteiger partial charge is 0.441 e. The van der Waals surface area contributed by atoms with Gasteiger partial charge in [0.05, 0.1) is 24.5 Å². The molecule has 2 aromatic heterocycles. The maximum absolute atomic E-state index is 12.9. The van der Waals surface area contributed by atoms with Gasteiger partial charge in [0.2, 0.25) is 11.8 Å². The number of carbonyl (C=O) groups excluding carboxylic acids is 3. The van der Waals surface area contributed by atoms with Crippen LogP contribution in [-0.2, 0) is 34.3 Å². The third-order valence-corrected chi connectivity index (χ3v) is 7.43. The van der Waals surface area contributed by atoms with Crippen LogP contribution < -0.4 is 15.6 Å². The predicted octanol–water partition coefficient (Wildman–Crippen LogP) is 1.05. The molecule has 0 spiro atoms. The lowest BCUT2D eigenvalue weighted by Gasteiger charge is -2.25. The fraction of sp³-hybridized carbons (Fsp3) is 0.500. The van der Waals surface area contributed by atoms with Crippen molar-refractivity contribution in [1.82, 2.24) is 10.2 Å². The highest BCUT2D eigenvalue weighted by Gasteiger charge is 2.32. The van der Waals surface area contributed by atoms with E-state index in [0.29, 0.717) is 36.5 Å². The highest BCUT2D eigenvalue weighted by molar-refractivity contribution is 8.00. The number of aromatic amines is 1. The van der Waals surface area contributed by atoms with Gasteiger partial charge in [0.25, 0.3) is 0 Å². The summed E-state index contributed by atoms with van der Waals surface area (Å²) < 4.78 is 11.1. The van der Waals surface area contributed by atoms with E-state index in [1.165, 1.54) is 30.1 Å². The second-order valence-electron chi connectivity index (χ2n) is 6.74. The molecule has 2 N–H and O–H groups in total. The molecule has 0 aromatic carbocycles. The van der Waals surface area contributed by atoms with E-state index >= 15 is 0 Å². The molecule has 0 saturated carbocycles. The number of hydrogen-bond acceptors (Lipinski definition) is 8. The van der Waals surface area contributed by atoms with Crippen LogP contribution in [0.25, 0.3) is 0 Å². The summed E-state index contributed by atoms with van der Waals surface area (Å²) in [6.07, 6.45) is 0.968. The highest BCUT2D eigenvalue weighted by Crippen LogP contribution is 2.38. The molecular weight excluding hydrogens is 432 g/mol. The Kier molecular flexibility index (Phi) is 6.66. The molecule has 2 aromatic rings. The van der Waals surface area contributed by atoms with Crippen LogP contribution in [0.4, 0.5) is 5.00 Å². The van der Waals surface area contributed by atoms with Gasteiger partial charge in [-0.15, -0.1) is 11.3 Å². The van der Waals surface area contributed by atoms with Gasteiger partial charge in [-0.05, 0) is 35.4 Å². The minimum Gasteiger partial charge on any atom is -0.465 e. The van der Waals surface area contributed by atoms with Crippen molar-refractivity contribution in [2.45, 2.75) is 43.5 Å². The van der Waals surface area contributed by atoms with Gasteiger partial charge in [0.15, 0.2) is 7.05 Å². The molecule has 1 aliphatic heterocycles. The lowest BCUT2D eigenvalue weighted by atomic mass is 10.0. The number of thioether (sulfide) groups is 1. The molecule has 0 bridgehead atoms. The zero-order valence-corrected chi connectivity index (χ0v) is 18.7. The standard InChI is InChI=1S/C18H22N4O6S2/c1-5-11(30-16-18(26)28-20-21(16)3)14(24)19-15-13(17(25)27-4)10-6-7-22(9(2)23)8-12(10)29-15/h11H,5-8H2,1-4H3,(H-,19,20,24,25,26)/p+1. The molecule has 3 rings (SSSR count). The van der Waals surface area contributed by atoms with Crippen LogP contribution >= 0.6 is 23.1 Å². The van der Waals surface area contributed by atoms with Crippen LogP contribution in [0.3, 0.4) is 0 Å². The molecule has 1 aliphatic rings. The number of H-pyrrole nitrogens is 1. The van der Waals surface area contributed by atoms with Crippen molar-refractivity contribution in [3.63, 3.8) is 0 Å². The fourth-order valence-electron chi connectivity index (χ4n) is 3.19. The topological polar surface area (TPSA) is 126 Å². The number of methoxy groups -OCH3 is 1. The summed E-state index contributed by atoms with van der Waals surface area (Å²) in [5.41, 5.74) is 0.582. The number of nitrogens with zero attached hydrogens (tertiary/aromatic N) is 2. The van der Waals surface area contributed by atoms with Gasteiger partial charge in [0, 0.05) is 18.3 Å². The Balaban J connectivity index is 1.87. The van der Waals surface area contributed by atoms with Crippen LogP contribution in [-0.4, -0.2) is 46.9 Å². The van der Waals surface area contributed by atoms with Gasteiger partial charge in [0.1, 0.15) is 5.00 Å². The summed E-state index contributed by atoms with van der Waals surface area (Å²) in [5.74, 6) is -0.910. The monoisotopic (exact) mass is 455 g/mol. The molecule has 12 heteroatoms.